The number of carboxylic acid groups (broad SMARTS) is 1. The predicted octanol–water partition coefficient (Wildman–Crippen LogP) is 1.09. The van der Waals surface area contributed by atoms with Gasteiger partial charge in [-0.25, -0.2) is 4.79 Å². The first kappa shape index (κ1) is 15.1. The molecule has 1 atom stereocenters. The molecule has 1 aromatic carbocycles. The van der Waals surface area contributed by atoms with Crippen molar-refractivity contribution < 1.29 is 24.2 Å². The fourth-order valence-electron chi connectivity index (χ4n) is 2.29. The number of carbonyl (C=O) groups excluding carboxylic acids is 1. The minimum atomic E-state index is -1.15. The van der Waals surface area contributed by atoms with Crippen molar-refractivity contribution in [2.24, 2.45) is 0 Å². The molecule has 0 aromatic heterocycles. The van der Waals surface area contributed by atoms with E-state index in [1.807, 2.05) is 0 Å². The Kier molecular flexibility index (Phi) is 4.64. The van der Waals surface area contributed by atoms with E-state index in [0.29, 0.717) is 11.5 Å². The number of aromatic carboxylic acids is 1. The highest BCUT2D eigenvalue weighted by molar-refractivity contribution is 6.03. The summed E-state index contributed by atoms with van der Waals surface area (Å²) >= 11 is 0. The van der Waals surface area contributed by atoms with Crippen LogP contribution in [0.1, 0.15) is 23.2 Å². The van der Waals surface area contributed by atoms with E-state index in [9.17, 15) is 14.7 Å². The van der Waals surface area contributed by atoms with Gasteiger partial charge in [0.25, 0.3) is 0 Å². The number of amides is 1. The van der Waals surface area contributed by atoms with Crippen LogP contribution in [-0.2, 0) is 4.79 Å². The van der Waals surface area contributed by atoms with Crippen molar-refractivity contribution in [1.82, 2.24) is 5.32 Å². The first-order valence-corrected chi connectivity index (χ1v) is 6.60. The second kappa shape index (κ2) is 6.45. The third-order valence-electron chi connectivity index (χ3n) is 3.39. The Morgan fingerprint density at radius 3 is 2.48 bits per heavy atom. The molecular formula is C14H18N2O5. The molecule has 2 rings (SSSR count). The molecule has 7 heteroatoms. The number of benzene rings is 1. The number of ether oxygens (including phenoxy) is 2. The van der Waals surface area contributed by atoms with Gasteiger partial charge in [0, 0.05) is 12.1 Å². The average molecular weight is 294 g/mol. The van der Waals surface area contributed by atoms with Crippen LogP contribution in [0.3, 0.4) is 0 Å². The smallest absolute Gasteiger partial charge is 0.337 e. The SMILES string of the molecule is COc1cc(NC(=O)[C@@H]2CCCN2)c(C(=O)O)cc1OC. The van der Waals surface area contributed by atoms with Gasteiger partial charge in [0.1, 0.15) is 0 Å². The molecule has 114 valence electrons. The summed E-state index contributed by atoms with van der Waals surface area (Å²) in [4.78, 5) is 23.4. The summed E-state index contributed by atoms with van der Waals surface area (Å²) in [6.45, 7) is 0.788. The Balaban J connectivity index is 2.31. The van der Waals surface area contributed by atoms with E-state index < -0.39 is 5.97 Å². The summed E-state index contributed by atoms with van der Waals surface area (Å²) in [5, 5.41) is 15.0. The lowest BCUT2D eigenvalue weighted by molar-refractivity contribution is -0.117. The van der Waals surface area contributed by atoms with Crippen LogP contribution in [0.2, 0.25) is 0 Å². The fraction of sp³-hybridized carbons (Fsp3) is 0.429. The number of anilines is 1. The van der Waals surface area contributed by atoms with E-state index in [0.717, 1.165) is 19.4 Å². The van der Waals surface area contributed by atoms with Gasteiger partial charge in [-0.3, -0.25) is 4.79 Å². The molecule has 1 amide bonds. The highest BCUT2D eigenvalue weighted by Gasteiger charge is 2.24. The summed E-state index contributed by atoms with van der Waals surface area (Å²) in [5.41, 5.74) is 0.151. The molecule has 1 fully saturated rings. The fourth-order valence-corrected chi connectivity index (χ4v) is 2.29. The molecule has 1 aliphatic rings. The van der Waals surface area contributed by atoms with Crippen molar-refractivity contribution in [2.75, 3.05) is 26.1 Å². The molecule has 0 bridgehead atoms. The average Bonchev–Trinajstić information content (AvgIpc) is 3.00. The van der Waals surface area contributed by atoms with Crippen LogP contribution in [0.5, 0.6) is 11.5 Å². The topological polar surface area (TPSA) is 96.9 Å². The molecule has 7 nitrogen and oxygen atoms in total. The third kappa shape index (κ3) is 3.25. The summed E-state index contributed by atoms with van der Waals surface area (Å²) < 4.78 is 10.2. The van der Waals surface area contributed by atoms with Crippen LogP contribution < -0.4 is 20.1 Å². The Morgan fingerprint density at radius 2 is 1.95 bits per heavy atom. The monoisotopic (exact) mass is 294 g/mol. The summed E-state index contributed by atoms with van der Waals surface area (Å²) in [6.07, 6.45) is 1.66. The largest absolute Gasteiger partial charge is 0.493 e. The number of hydrogen-bond donors (Lipinski definition) is 3. The second-order valence-electron chi connectivity index (χ2n) is 4.70. The first-order chi connectivity index (χ1) is 10.1. The lowest BCUT2D eigenvalue weighted by Gasteiger charge is -2.15. The van der Waals surface area contributed by atoms with Gasteiger partial charge in [-0.05, 0) is 19.4 Å². The Labute approximate surface area is 122 Å². The minimum Gasteiger partial charge on any atom is -0.493 e. The van der Waals surface area contributed by atoms with Gasteiger partial charge in [-0.15, -0.1) is 0 Å². The van der Waals surface area contributed by atoms with E-state index in [1.54, 1.807) is 0 Å². The standard InChI is InChI=1S/C14H18N2O5/c1-20-11-6-8(14(18)19)10(7-12(11)21-2)16-13(17)9-4-3-5-15-9/h6-7,9,15H,3-5H2,1-2H3,(H,16,17)(H,18,19)/t9-/m0/s1. The number of rotatable bonds is 5. The van der Waals surface area contributed by atoms with Gasteiger partial charge >= 0.3 is 5.97 Å². The third-order valence-corrected chi connectivity index (χ3v) is 3.39. The second-order valence-corrected chi connectivity index (χ2v) is 4.70. The minimum absolute atomic E-state index is 0.0426. The molecule has 0 unspecified atom stereocenters. The Hall–Kier alpha value is -2.28. The van der Waals surface area contributed by atoms with Crippen LogP contribution in [-0.4, -0.2) is 43.8 Å². The van der Waals surface area contributed by atoms with Crippen molar-refractivity contribution >= 4 is 17.6 Å². The van der Waals surface area contributed by atoms with Gasteiger partial charge in [-0.1, -0.05) is 0 Å². The summed E-state index contributed by atoms with van der Waals surface area (Å²) in [7, 11) is 2.87. The van der Waals surface area contributed by atoms with E-state index in [-0.39, 0.29) is 23.2 Å². The summed E-state index contributed by atoms with van der Waals surface area (Å²) in [6, 6.07) is 2.49. The van der Waals surface area contributed by atoms with Crippen LogP contribution in [0, 0.1) is 0 Å². The number of methoxy groups -OCH3 is 2. The lowest BCUT2D eigenvalue weighted by Crippen LogP contribution is -2.35. The molecular weight excluding hydrogens is 276 g/mol. The van der Waals surface area contributed by atoms with Crippen LogP contribution in [0.4, 0.5) is 5.69 Å². The van der Waals surface area contributed by atoms with E-state index in [4.69, 9.17) is 9.47 Å². The van der Waals surface area contributed by atoms with Crippen LogP contribution >= 0.6 is 0 Å². The van der Waals surface area contributed by atoms with Gasteiger partial charge in [0.05, 0.1) is 31.5 Å². The highest BCUT2D eigenvalue weighted by Crippen LogP contribution is 2.33. The number of hydrogen-bond acceptors (Lipinski definition) is 5. The molecule has 21 heavy (non-hydrogen) atoms. The molecule has 1 heterocycles. The molecule has 0 radical (unpaired) electrons. The molecule has 0 aliphatic carbocycles. The maximum absolute atomic E-state index is 12.1. The normalized spacial score (nSPS) is 17.3. The lowest BCUT2D eigenvalue weighted by atomic mass is 10.1. The van der Waals surface area contributed by atoms with Gasteiger partial charge in [0.15, 0.2) is 11.5 Å². The maximum atomic E-state index is 12.1. The molecule has 1 aliphatic heterocycles. The quantitative estimate of drug-likeness (QED) is 0.752. The molecule has 0 saturated carbocycles. The zero-order valence-corrected chi connectivity index (χ0v) is 11.9. The van der Waals surface area contributed by atoms with Crippen molar-refractivity contribution in [3.63, 3.8) is 0 Å². The van der Waals surface area contributed by atoms with E-state index in [2.05, 4.69) is 10.6 Å². The molecule has 1 saturated heterocycles. The predicted molar refractivity (Wildman–Crippen MR) is 76.2 cm³/mol. The number of carbonyl (C=O) groups is 2. The van der Waals surface area contributed by atoms with Crippen molar-refractivity contribution in [3.05, 3.63) is 17.7 Å². The van der Waals surface area contributed by atoms with Gasteiger partial charge < -0.3 is 25.2 Å². The first-order valence-electron chi connectivity index (χ1n) is 6.60. The molecule has 0 spiro atoms. The van der Waals surface area contributed by atoms with Gasteiger partial charge in [0.2, 0.25) is 5.91 Å². The zero-order chi connectivity index (χ0) is 15.4. The van der Waals surface area contributed by atoms with Crippen LogP contribution in [0.15, 0.2) is 12.1 Å². The molecule has 3 N–H and O–H groups in total. The van der Waals surface area contributed by atoms with Crippen molar-refractivity contribution in [3.8, 4) is 11.5 Å². The zero-order valence-electron chi connectivity index (χ0n) is 11.9. The van der Waals surface area contributed by atoms with Crippen molar-refractivity contribution in [1.29, 1.82) is 0 Å². The van der Waals surface area contributed by atoms with Crippen LogP contribution in [0.25, 0.3) is 0 Å². The van der Waals surface area contributed by atoms with E-state index in [1.165, 1.54) is 26.4 Å². The Bertz CT molecular complexity index is 553. The highest BCUT2D eigenvalue weighted by atomic mass is 16.5. The van der Waals surface area contributed by atoms with E-state index >= 15 is 0 Å². The van der Waals surface area contributed by atoms with Gasteiger partial charge in [-0.2, -0.15) is 0 Å². The maximum Gasteiger partial charge on any atom is 0.337 e. The number of nitrogens with one attached hydrogen (secondary N) is 2. The molecule has 1 aromatic rings. The summed E-state index contributed by atoms with van der Waals surface area (Å²) in [5.74, 6) is -0.739. The van der Waals surface area contributed by atoms with Crippen molar-refractivity contribution in [2.45, 2.75) is 18.9 Å². The Morgan fingerprint density at radius 1 is 1.29 bits per heavy atom. The number of carboxylic acids is 1.